The molecule has 0 radical (unpaired) electrons. The normalized spacial score (nSPS) is 11.6. The zero-order valence-corrected chi connectivity index (χ0v) is 26.2. The molecule has 0 bridgehead atoms. The van der Waals surface area contributed by atoms with E-state index in [1.165, 1.54) is 12.9 Å². The Bertz CT molecular complexity index is 1800. The zero-order valence-electron chi connectivity index (χ0n) is 25.3. The highest BCUT2D eigenvalue weighted by atomic mass is 31.2. The molecule has 1 amide bonds. The largest absolute Gasteiger partial charge is 0.493 e. The molecule has 5 aromatic rings. The van der Waals surface area contributed by atoms with E-state index in [2.05, 4.69) is 15.4 Å². The number of anilines is 1. The summed E-state index contributed by atoms with van der Waals surface area (Å²) in [5.74, 6) is 3.39. The lowest BCUT2D eigenvalue weighted by molar-refractivity contribution is 0.102. The number of furan rings is 1. The van der Waals surface area contributed by atoms with Crippen molar-refractivity contribution in [2.45, 2.75) is 27.4 Å². The maximum atomic E-state index is 13.4. The van der Waals surface area contributed by atoms with Crippen molar-refractivity contribution in [1.82, 2.24) is 14.8 Å². The first-order chi connectivity index (χ1) is 21.8. The molecule has 0 saturated heterocycles. The first-order valence-corrected chi connectivity index (χ1v) is 15.8. The van der Waals surface area contributed by atoms with Gasteiger partial charge in [0.25, 0.3) is 11.8 Å². The van der Waals surface area contributed by atoms with Gasteiger partial charge in [0.05, 0.1) is 32.3 Å². The van der Waals surface area contributed by atoms with Gasteiger partial charge in [0.2, 0.25) is 0 Å². The fourth-order valence-electron chi connectivity index (χ4n) is 4.30. The molecule has 0 aliphatic heterocycles. The Morgan fingerprint density at radius 1 is 1.04 bits per heavy atom. The third-order valence-electron chi connectivity index (χ3n) is 6.46. The number of hydrogen-bond donors (Lipinski definition) is 1. The minimum atomic E-state index is -3.50. The molecule has 0 saturated carbocycles. The van der Waals surface area contributed by atoms with E-state index in [-0.39, 0.29) is 25.6 Å². The van der Waals surface area contributed by atoms with Crippen LogP contribution in [0.25, 0.3) is 23.4 Å². The second-order valence-electron chi connectivity index (χ2n) is 9.51. The van der Waals surface area contributed by atoms with E-state index >= 15 is 0 Å². The number of para-hydroxylation sites is 1. The van der Waals surface area contributed by atoms with E-state index in [4.69, 9.17) is 27.4 Å². The standard InChI is InChI=1S/C32H33N4O8P/c1-5-42-45(38,43-6-2)18-16-24-20-36(25-11-8-7-9-12-25)35-30(24)34-31(37)23-14-15-27(29(19-23)39-4)41-21-26-22(3)44-32(33-26)28-13-10-17-40-28/h7-20H,5-6,21H2,1-4H3,(H,34,35,37)/b18-16+. The lowest BCUT2D eigenvalue weighted by Crippen LogP contribution is -2.13. The molecule has 45 heavy (non-hydrogen) atoms. The first-order valence-electron chi connectivity index (χ1n) is 14.2. The maximum Gasteiger partial charge on any atom is 0.354 e. The molecule has 5 rings (SSSR count). The highest BCUT2D eigenvalue weighted by Gasteiger charge is 2.21. The van der Waals surface area contributed by atoms with Crippen molar-refractivity contribution in [3.8, 4) is 28.8 Å². The van der Waals surface area contributed by atoms with Crippen LogP contribution < -0.4 is 14.8 Å². The van der Waals surface area contributed by atoms with Crippen LogP contribution in [0.1, 0.15) is 41.2 Å². The Morgan fingerprint density at radius 2 is 1.82 bits per heavy atom. The highest BCUT2D eigenvalue weighted by Crippen LogP contribution is 2.50. The average molecular weight is 633 g/mol. The summed E-state index contributed by atoms with van der Waals surface area (Å²) in [4.78, 5) is 17.9. The van der Waals surface area contributed by atoms with Crippen LogP contribution in [0.4, 0.5) is 5.82 Å². The van der Waals surface area contributed by atoms with Crippen LogP contribution in [0.5, 0.6) is 11.5 Å². The van der Waals surface area contributed by atoms with Gasteiger partial charge < -0.3 is 32.7 Å². The van der Waals surface area contributed by atoms with Crippen molar-refractivity contribution in [3.05, 3.63) is 102 Å². The summed E-state index contributed by atoms with van der Waals surface area (Å²) in [7, 11) is -2.01. The third kappa shape index (κ3) is 7.61. The van der Waals surface area contributed by atoms with Crippen molar-refractivity contribution >= 4 is 25.4 Å². The van der Waals surface area contributed by atoms with Gasteiger partial charge in [-0.1, -0.05) is 18.2 Å². The summed E-state index contributed by atoms with van der Waals surface area (Å²) in [6, 6.07) is 17.7. The van der Waals surface area contributed by atoms with E-state index in [1.54, 1.807) is 74.3 Å². The molecule has 0 unspecified atom stereocenters. The fraction of sp³-hybridized carbons (Fsp3) is 0.219. The molecule has 0 aliphatic carbocycles. The Hall–Kier alpha value is -4.90. The van der Waals surface area contributed by atoms with E-state index in [9.17, 15) is 9.36 Å². The van der Waals surface area contributed by atoms with Crippen molar-refractivity contribution in [1.29, 1.82) is 0 Å². The number of benzene rings is 2. The molecule has 3 heterocycles. The van der Waals surface area contributed by atoms with Crippen molar-refractivity contribution in [3.63, 3.8) is 0 Å². The van der Waals surface area contributed by atoms with Gasteiger partial charge in [-0.25, -0.2) is 9.67 Å². The summed E-state index contributed by atoms with van der Waals surface area (Å²) >= 11 is 0. The van der Waals surface area contributed by atoms with Crippen LogP contribution in [0, 0.1) is 6.92 Å². The van der Waals surface area contributed by atoms with Gasteiger partial charge in [0, 0.05) is 23.1 Å². The van der Waals surface area contributed by atoms with Gasteiger partial charge in [0.1, 0.15) is 18.1 Å². The minimum absolute atomic E-state index is 0.109. The second kappa shape index (κ2) is 14.3. The van der Waals surface area contributed by atoms with E-state index < -0.39 is 13.5 Å². The topological polar surface area (TPSA) is 140 Å². The molecule has 2 aromatic carbocycles. The van der Waals surface area contributed by atoms with Gasteiger partial charge in [-0.05, 0) is 69.3 Å². The number of amides is 1. The molecule has 12 nitrogen and oxygen atoms in total. The maximum absolute atomic E-state index is 13.4. The predicted molar refractivity (Wildman–Crippen MR) is 168 cm³/mol. The number of ether oxygens (including phenoxy) is 2. The van der Waals surface area contributed by atoms with Crippen LogP contribution >= 0.6 is 7.60 Å². The second-order valence-corrected chi connectivity index (χ2v) is 11.4. The third-order valence-corrected chi connectivity index (χ3v) is 8.22. The van der Waals surface area contributed by atoms with Gasteiger partial charge in [0.15, 0.2) is 23.1 Å². The molecular weight excluding hydrogens is 599 g/mol. The van der Waals surface area contributed by atoms with Crippen molar-refractivity contribution in [2.24, 2.45) is 0 Å². The predicted octanol–water partition coefficient (Wildman–Crippen LogP) is 7.51. The Balaban J connectivity index is 1.36. The number of aryl methyl sites for hydroxylation is 1. The number of hydrogen-bond acceptors (Lipinski definition) is 10. The van der Waals surface area contributed by atoms with Crippen LogP contribution in [-0.2, 0) is 20.2 Å². The Kier molecular flexibility index (Phi) is 9.99. The van der Waals surface area contributed by atoms with Crippen LogP contribution in [0.15, 0.2) is 87.8 Å². The van der Waals surface area contributed by atoms with Crippen molar-refractivity contribution in [2.75, 3.05) is 25.6 Å². The van der Waals surface area contributed by atoms with E-state index in [0.29, 0.717) is 45.7 Å². The SMILES string of the molecule is CCOP(=O)(/C=C/c1cn(-c2ccccc2)nc1NC(=O)c1ccc(OCc2nc(-c3ccco3)oc2C)c(OC)c1)OCC. The molecule has 0 aliphatic rings. The number of methoxy groups -OCH3 is 1. The first kappa shape index (κ1) is 31.5. The average Bonchev–Trinajstić information content (AvgIpc) is 3.80. The van der Waals surface area contributed by atoms with Crippen LogP contribution in [0.3, 0.4) is 0 Å². The molecule has 13 heteroatoms. The van der Waals surface area contributed by atoms with E-state index in [1.807, 2.05) is 30.3 Å². The zero-order chi connectivity index (χ0) is 31.8. The van der Waals surface area contributed by atoms with Crippen molar-refractivity contribution < 1.29 is 36.7 Å². The lowest BCUT2D eigenvalue weighted by atomic mass is 10.2. The molecule has 3 aromatic heterocycles. The smallest absolute Gasteiger partial charge is 0.354 e. The number of aromatic nitrogens is 3. The number of nitrogens with zero attached hydrogens (tertiary/aromatic N) is 3. The monoisotopic (exact) mass is 632 g/mol. The Labute approximate surface area is 260 Å². The summed E-state index contributed by atoms with van der Waals surface area (Å²) < 4.78 is 48.0. The van der Waals surface area contributed by atoms with Crippen LogP contribution in [0.2, 0.25) is 0 Å². The minimum Gasteiger partial charge on any atom is -0.493 e. The highest BCUT2D eigenvalue weighted by molar-refractivity contribution is 7.57. The number of rotatable bonds is 14. The number of carbonyl (C=O) groups is 1. The van der Waals surface area contributed by atoms with Gasteiger partial charge in [-0.2, -0.15) is 0 Å². The van der Waals surface area contributed by atoms with Gasteiger partial charge in [-0.3, -0.25) is 9.36 Å². The summed E-state index contributed by atoms with van der Waals surface area (Å²) in [5.41, 5.74) is 2.16. The quantitative estimate of drug-likeness (QED) is 0.122. The Morgan fingerprint density at radius 3 is 2.51 bits per heavy atom. The van der Waals surface area contributed by atoms with Crippen LogP contribution in [-0.4, -0.2) is 41.0 Å². The molecule has 234 valence electrons. The summed E-state index contributed by atoms with van der Waals surface area (Å²) in [6.45, 7) is 5.78. The summed E-state index contributed by atoms with van der Waals surface area (Å²) in [6.07, 6.45) is 4.82. The molecular formula is C32H33N4O8P. The molecule has 0 atom stereocenters. The molecule has 1 N–H and O–H groups in total. The number of nitrogens with one attached hydrogen (secondary N) is 1. The lowest BCUT2D eigenvalue weighted by Gasteiger charge is -2.12. The summed E-state index contributed by atoms with van der Waals surface area (Å²) in [5, 5.41) is 7.42. The molecule has 0 spiro atoms. The number of oxazole rings is 1. The van der Waals surface area contributed by atoms with E-state index in [0.717, 1.165) is 5.69 Å². The fourth-order valence-corrected chi connectivity index (χ4v) is 5.61. The number of carbonyl (C=O) groups excluding carboxylic acids is 1. The van der Waals surface area contributed by atoms with Gasteiger partial charge >= 0.3 is 7.60 Å². The molecule has 0 fully saturated rings. The van der Waals surface area contributed by atoms with Gasteiger partial charge in [-0.15, -0.1) is 5.10 Å².